The Hall–Kier alpha value is -0.660. The molecule has 0 saturated carbocycles. The standard InChI is InChI=1S/C10H21NO5S/c1-8(2)9(4-6-12)11-17(14,15)7-5-10(13)16-3/h8-9,11-12H,4-7H2,1-3H3. The van der Waals surface area contributed by atoms with Crippen molar-refractivity contribution in [2.24, 2.45) is 5.92 Å². The monoisotopic (exact) mass is 267 g/mol. The fraction of sp³-hybridized carbons (Fsp3) is 0.900. The molecule has 0 aromatic heterocycles. The van der Waals surface area contributed by atoms with Gasteiger partial charge in [0.2, 0.25) is 10.0 Å². The average Bonchev–Trinajstić information content (AvgIpc) is 2.25. The van der Waals surface area contributed by atoms with E-state index in [2.05, 4.69) is 9.46 Å². The first-order valence-electron chi connectivity index (χ1n) is 5.50. The molecule has 7 heteroatoms. The molecule has 0 spiro atoms. The number of aliphatic hydroxyl groups excluding tert-OH is 1. The van der Waals surface area contributed by atoms with Gasteiger partial charge in [-0.1, -0.05) is 13.8 Å². The maximum Gasteiger partial charge on any atom is 0.306 e. The molecule has 1 unspecified atom stereocenters. The number of carbonyl (C=O) groups is 1. The second kappa shape index (κ2) is 7.62. The molecule has 0 amide bonds. The number of nitrogens with one attached hydrogen (secondary N) is 1. The van der Waals surface area contributed by atoms with E-state index in [-0.39, 0.29) is 30.7 Å². The number of carbonyl (C=O) groups excluding carboxylic acids is 1. The Bertz CT molecular complexity index is 326. The normalized spacial score (nSPS) is 13.7. The molecule has 0 heterocycles. The first kappa shape index (κ1) is 16.3. The minimum Gasteiger partial charge on any atom is -0.469 e. The highest BCUT2D eigenvalue weighted by Gasteiger charge is 2.21. The van der Waals surface area contributed by atoms with Gasteiger partial charge in [0.25, 0.3) is 0 Å². The summed E-state index contributed by atoms with van der Waals surface area (Å²) in [5, 5.41) is 8.83. The van der Waals surface area contributed by atoms with Crippen LogP contribution in [0, 0.1) is 5.92 Å². The van der Waals surface area contributed by atoms with E-state index in [4.69, 9.17) is 5.11 Å². The van der Waals surface area contributed by atoms with Crippen LogP contribution < -0.4 is 4.72 Å². The molecule has 17 heavy (non-hydrogen) atoms. The molecule has 0 radical (unpaired) electrons. The van der Waals surface area contributed by atoms with E-state index in [1.54, 1.807) is 0 Å². The highest BCUT2D eigenvalue weighted by molar-refractivity contribution is 7.89. The van der Waals surface area contributed by atoms with Crippen LogP contribution in [0.4, 0.5) is 0 Å². The fourth-order valence-electron chi connectivity index (χ4n) is 1.28. The Kier molecular flexibility index (Phi) is 7.33. The zero-order valence-electron chi connectivity index (χ0n) is 10.5. The van der Waals surface area contributed by atoms with E-state index in [1.807, 2.05) is 13.8 Å². The van der Waals surface area contributed by atoms with Crippen LogP contribution in [-0.4, -0.2) is 45.0 Å². The molecule has 102 valence electrons. The molecular weight excluding hydrogens is 246 g/mol. The summed E-state index contributed by atoms with van der Waals surface area (Å²) in [4.78, 5) is 10.8. The smallest absolute Gasteiger partial charge is 0.306 e. The van der Waals surface area contributed by atoms with E-state index in [1.165, 1.54) is 7.11 Å². The van der Waals surface area contributed by atoms with E-state index in [9.17, 15) is 13.2 Å². The van der Waals surface area contributed by atoms with Gasteiger partial charge in [0, 0.05) is 12.6 Å². The van der Waals surface area contributed by atoms with Gasteiger partial charge in [-0.15, -0.1) is 0 Å². The topological polar surface area (TPSA) is 92.7 Å². The third-order valence-electron chi connectivity index (χ3n) is 2.38. The predicted octanol–water partition coefficient (Wildman–Crippen LogP) is -0.124. The first-order valence-corrected chi connectivity index (χ1v) is 7.15. The minimum absolute atomic E-state index is 0.0788. The molecule has 0 aliphatic heterocycles. The van der Waals surface area contributed by atoms with Crippen LogP contribution in [0.2, 0.25) is 0 Å². The molecule has 0 aromatic rings. The summed E-state index contributed by atoms with van der Waals surface area (Å²) in [6, 6.07) is -0.317. The quantitative estimate of drug-likeness (QED) is 0.598. The molecule has 0 aliphatic carbocycles. The summed E-state index contributed by atoms with van der Waals surface area (Å²) >= 11 is 0. The van der Waals surface area contributed by atoms with Crippen molar-refractivity contribution in [3.8, 4) is 0 Å². The molecule has 0 aliphatic rings. The van der Waals surface area contributed by atoms with Gasteiger partial charge in [-0.05, 0) is 12.3 Å². The SMILES string of the molecule is COC(=O)CCS(=O)(=O)NC(CCO)C(C)C. The van der Waals surface area contributed by atoms with Crippen LogP contribution in [0.1, 0.15) is 26.7 Å². The lowest BCUT2D eigenvalue weighted by Crippen LogP contribution is -2.40. The van der Waals surface area contributed by atoms with E-state index in [0.29, 0.717) is 6.42 Å². The van der Waals surface area contributed by atoms with E-state index < -0.39 is 16.0 Å². The summed E-state index contributed by atoms with van der Waals surface area (Å²) in [7, 11) is -2.30. The third kappa shape index (κ3) is 7.30. The van der Waals surface area contributed by atoms with Crippen molar-refractivity contribution < 1.29 is 23.1 Å². The number of rotatable bonds is 8. The van der Waals surface area contributed by atoms with Crippen molar-refractivity contribution in [1.29, 1.82) is 0 Å². The Labute approximate surface area is 102 Å². The van der Waals surface area contributed by atoms with Crippen LogP contribution in [0.25, 0.3) is 0 Å². The van der Waals surface area contributed by atoms with Crippen molar-refractivity contribution >= 4 is 16.0 Å². The van der Waals surface area contributed by atoms with E-state index >= 15 is 0 Å². The van der Waals surface area contributed by atoms with Gasteiger partial charge in [0.15, 0.2) is 0 Å². The van der Waals surface area contributed by atoms with Crippen molar-refractivity contribution in [1.82, 2.24) is 4.72 Å². The largest absolute Gasteiger partial charge is 0.469 e. The minimum atomic E-state index is -3.52. The Balaban J connectivity index is 4.35. The number of hydrogen-bond acceptors (Lipinski definition) is 5. The zero-order valence-corrected chi connectivity index (χ0v) is 11.3. The Morgan fingerprint density at radius 1 is 1.41 bits per heavy atom. The van der Waals surface area contributed by atoms with Crippen molar-refractivity contribution in [3.63, 3.8) is 0 Å². The number of esters is 1. The molecular formula is C10H21NO5S. The highest BCUT2D eigenvalue weighted by atomic mass is 32.2. The molecule has 2 N–H and O–H groups in total. The first-order chi connectivity index (χ1) is 7.82. The van der Waals surface area contributed by atoms with Gasteiger partial charge in [-0.25, -0.2) is 13.1 Å². The highest BCUT2D eigenvalue weighted by Crippen LogP contribution is 2.07. The van der Waals surface area contributed by atoms with Crippen LogP contribution >= 0.6 is 0 Å². The molecule has 0 saturated heterocycles. The van der Waals surface area contributed by atoms with Crippen molar-refractivity contribution in [3.05, 3.63) is 0 Å². The van der Waals surface area contributed by atoms with Crippen LogP contribution in [-0.2, 0) is 19.6 Å². The summed E-state index contributed by atoms with van der Waals surface area (Å²) in [5.41, 5.74) is 0. The Morgan fingerprint density at radius 3 is 2.41 bits per heavy atom. The lowest BCUT2D eigenvalue weighted by molar-refractivity contribution is -0.140. The number of sulfonamides is 1. The van der Waals surface area contributed by atoms with Crippen LogP contribution in [0.3, 0.4) is 0 Å². The summed E-state index contributed by atoms with van der Waals surface area (Å²) < 4.78 is 30.1. The van der Waals surface area contributed by atoms with Gasteiger partial charge in [0.1, 0.15) is 0 Å². The number of methoxy groups -OCH3 is 1. The maximum absolute atomic E-state index is 11.6. The maximum atomic E-state index is 11.6. The van der Waals surface area contributed by atoms with E-state index in [0.717, 1.165) is 0 Å². The fourth-order valence-corrected chi connectivity index (χ4v) is 2.68. The number of hydrogen-bond donors (Lipinski definition) is 2. The van der Waals surface area contributed by atoms with Crippen LogP contribution in [0.5, 0.6) is 0 Å². The third-order valence-corrected chi connectivity index (χ3v) is 3.78. The average molecular weight is 267 g/mol. The summed E-state index contributed by atoms with van der Waals surface area (Å²) in [6.45, 7) is 3.65. The van der Waals surface area contributed by atoms with Gasteiger partial charge in [-0.2, -0.15) is 0 Å². The molecule has 0 bridgehead atoms. The molecule has 6 nitrogen and oxygen atoms in total. The number of ether oxygens (including phenoxy) is 1. The molecule has 1 atom stereocenters. The predicted molar refractivity (Wildman–Crippen MR) is 63.9 cm³/mol. The van der Waals surface area contributed by atoms with Gasteiger partial charge in [-0.3, -0.25) is 4.79 Å². The lowest BCUT2D eigenvalue weighted by atomic mass is 10.0. The van der Waals surface area contributed by atoms with Crippen LogP contribution in [0.15, 0.2) is 0 Å². The number of aliphatic hydroxyl groups is 1. The van der Waals surface area contributed by atoms with Gasteiger partial charge < -0.3 is 9.84 Å². The second-order valence-electron chi connectivity index (χ2n) is 4.13. The van der Waals surface area contributed by atoms with Crippen molar-refractivity contribution in [2.75, 3.05) is 19.5 Å². The van der Waals surface area contributed by atoms with Crippen molar-refractivity contribution in [2.45, 2.75) is 32.7 Å². The molecule has 0 fully saturated rings. The van der Waals surface area contributed by atoms with Gasteiger partial charge >= 0.3 is 5.97 Å². The summed E-state index contributed by atoms with van der Waals surface area (Å²) in [5.74, 6) is -0.775. The zero-order chi connectivity index (χ0) is 13.5. The molecule has 0 aromatic carbocycles. The molecule has 0 rings (SSSR count). The Morgan fingerprint density at radius 2 is 2.00 bits per heavy atom. The second-order valence-corrected chi connectivity index (χ2v) is 6.00. The lowest BCUT2D eigenvalue weighted by Gasteiger charge is -2.21. The van der Waals surface area contributed by atoms with Gasteiger partial charge in [0.05, 0.1) is 19.3 Å². The summed E-state index contributed by atoms with van der Waals surface area (Å²) in [6.07, 6.45) is 0.185.